The van der Waals surface area contributed by atoms with Gasteiger partial charge in [-0.05, 0) is 18.2 Å². The molecule has 1 saturated heterocycles. The Morgan fingerprint density at radius 3 is 2.62 bits per heavy atom. The topological polar surface area (TPSA) is 71.0 Å². The number of halogens is 1. The quantitative estimate of drug-likeness (QED) is 0.322. The normalized spacial score (nSPS) is 14.7. The predicted octanol–water partition coefficient (Wildman–Crippen LogP) is 2.28. The van der Waals surface area contributed by atoms with Crippen LogP contribution in [0.25, 0.3) is 0 Å². The first-order valence-corrected chi connectivity index (χ1v) is 9.70. The summed E-state index contributed by atoms with van der Waals surface area (Å²) in [4.78, 5) is 11.0. The molecule has 3 rings (SSSR count). The smallest absolute Gasteiger partial charge is 0.191 e. The molecule has 0 spiro atoms. The fraction of sp³-hybridized carbons (Fsp3) is 0.429. The van der Waals surface area contributed by atoms with E-state index in [9.17, 15) is 0 Å². The van der Waals surface area contributed by atoms with Crippen LogP contribution in [0, 0.1) is 0 Å². The van der Waals surface area contributed by atoms with Crippen molar-refractivity contribution in [3.8, 4) is 5.75 Å². The van der Waals surface area contributed by atoms with E-state index in [-0.39, 0.29) is 24.0 Å². The molecule has 0 aliphatic carbocycles. The minimum Gasteiger partial charge on any atom is -0.492 e. The molecule has 2 heterocycles. The zero-order valence-corrected chi connectivity index (χ0v) is 19.2. The van der Waals surface area contributed by atoms with Gasteiger partial charge in [0.05, 0.1) is 25.5 Å². The number of nitrogens with one attached hydrogen (secondary N) is 2. The Balaban J connectivity index is 0.00000300. The van der Waals surface area contributed by atoms with E-state index in [0.717, 1.165) is 55.8 Å². The van der Waals surface area contributed by atoms with Gasteiger partial charge in [0.25, 0.3) is 0 Å². The SMILES string of the molecule is CN=C(NCc1ccccn1)NCc1ccccc1OCCN1CCOCC1.I. The van der Waals surface area contributed by atoms with Crippen molar-refractivity contribution in [1.29, 1.82) is 0 Å². The van der Waals surface area contributed by atoms with Gasteiger partial charge in [0.2, 0.25) is 0 Å². The fourth-order valence-corrected chi connectivity index (χ4v) is 2.98. The molecule has 1 aromatic carbocycles. The van der Waals surface area contributed by atoms with Crippen molar-refractivity contribution in [2.75, 3.05) is 46.5 Å². The summed E-state index contributed by atoms with van der Waals surface area (Å²) in [5.74, 6) is 1.64. The van der Waals surface area contributed by atoms with Gasteiger partial charge in [-0.15, -0.1) is 24.0 Å². The van der Waals surface area contributed by atoms with Crippen molar-refractivity contribution in [3.05, 3.63) is 59.9 Å². The molecule has 0 bridgehead atoms. The number of hydrogen-bond acceptors (Lipinski definition) is 5. The number of benzene rings is 1. The standard InChI is InChI=1S/C21H29N5O2.HI/c1-22-21(25-17-19-7-4-5-9-23-19)24-16-18-6-2-3-8-20(18)28-15-12-26-10-13-27-14-11-26;/h2-9H,10-17H2,1H3,(H2,22,24,25);1H. The van der Waals surface area contributed by atoms with Gasteiger partial charge in [0, 0.05) is 45.0 Å². The van der Waals surface area contributed by atoms with Crippen LogP contribution in [0.5, 0.6) is 5.75 Å². The number of ether oxygens (including phenoxy) is 2. The van der Waals surface area contributed by atoms with Gasteiger partial charge in [-0.2, -0.15) is 0 Å². The average molecular weight is 511 g/mol. The van der Waals surface area contributed by atoms with Gasteiger partial charge in [-0.3, -0.25) is 14.9 Å². The van der Waals surface area contributed by atoms with Gasteiger partial charge < -0.3 is 20.1 Å². The Labute approximate surface area is 189 Å². The van der Waals surface area contributed by atoms with Crippen LogP contribution in [-0.4, -0.2) is 62.3 Å². The first-order chi connectivity index (χ1) is 13.8. The molecule has 7 nitrogen and oxygen atoms in total. The lowest BCUT2D eigenvalue weighted by Gasteiger charge is -2.26. The minimum absolute atomic E-state index is 0. The van der Waals surface area contributed by atoms with Crippen LogP contribution in [0.2, 0.25) is 0 Å². The molecular weight excluding hydrogens is 481 g/mol. The molecule has 8 heteroatoms. The number of morpholine rings is 1. The van der Waals surface area contributed by atoms with E-state index in [4.69, 9.17) is 9.47 Å². The Hall–Kier alpha value is -1.91. The summed E-state index contributed by atoms with van der Waals surface area (Å²) < 4.78 is 11.4. The van der Waals surface area contributed by atoms with E-state index in [0.29, 0.717) is 19.7 Å². The first-order valence-electron chi connectivity index (χ1n) is 9.70. The maximum Gasteiger partial charge on any atom is 0.191 e. The zero-order chi connectivity index (χ0) is 19.4. The zero-order valence-electron chi connectivity index (χ0n) is 16.8. The van der Waals surface area contributed by atoms with Crippen molar-refractivity contribution in [1.82, 2.24) is 20.5 Å². The van der Waals surface area contributed by atoms with E-state index >= 15 is 0 Å². The van der Waals surface area contributed by atoms with Crippen LogP contribution >= 0.6 is 24.0 Å². The molecular formula is C21H30IN5O2. The van der Waals surface area contributed by atoms with Gasteiger partial charge in [-0.25, -0.2) is 0 Å². The summed E-state index contributed by atoms with van der Waals surface area (Å²) in [6, 6.07) is 14.0. The van der Waals surface area contributed by atoms with E-state index in [1.165, 1.54) is 0 Å². The molecule has 1 aliphatic rings. The first kappa shape index (κ1) is 23.4. The molecule has 1 aliphatic heterocycles. The van der Waals surface area contributed by atoms with E-state index in [1.807, 2.05) is 36.4 Å². The average Bonchev–Trinajstić information content (AvgIpc) is 2.76. The number of guanidine groups is 1. The van der Waals surface area contributed by atoms with Gasteiger partial charge >= 0.3 is 0 Å². The second-order valence-corrected chi connectivity index (χ2v) is 6.51. The molecule has 1 aromatic heterocycles. The molecule has 0 atom stereocenters. The van der Waals surface area contributed by atoms with Crippen molar-refractivity contribution >= 4 is 29.9 Å². The maximum atomic E-state index is 6.04. The monoisotopic (exact) mass is 511 g/mol. The van der Waals surface area contributed by atoms with Crippen LogP contribution in [0.3, 0.4) is 0 Å². The number of nitrogens with zero attached hydrogens (tertiary/aromatic N) is 3. The van der Waals surface area contributed by atoms with Gasteiger partial charge in [0.15, 0.2) is 5.96 Å². The Bertz CT molecular complexity index is 739. The second kappa shape index (κ2) is 13.3. The number of aliphatic imine (C=N–C) groups is 1. The number of aromatic nitrogens is 1. The Morgan fingerprint density at radius 1 is 1.10 bits per heavy atom. The van der Waals surface area contributed by atoms with E-state index < -0.39 is 0 Å². The van der Waals surface area contributed by atoms with Gasteiger partial charge in [-0.1, -0.05) is 24.3 Å². The summed E-state index contributed by atoms with van der Waals surface area (Å²) in [6.45, 7) is 6.42. The molecule has 0 radical (unpaired) electrons. The summed E-state index contributed by atoms with van der Waals surface area (Å²) in [7, 11) is 1.76. The van der Waals surface area contributed by atoms with E-state index in [2.05, 4.69) is 31.6 Å². The molecule has 0 saturated carbocycles. The van der Waals surface area contributed by atoms with Crippen molar-refractivity contribution in [3.63, 3.8) is 0 Å². The van der Waals surface area contributed by atoms with Crippen LogP contribution in [0.4, 0.5) is 0 Å². The third kappa shape index (κ3) is 8.15. The Morgan fingerprint density at radius 2 is 1.86 bits per heavy atom. The highest BCUT2D eigenvalue weighted by molar-refractivity contribution is 14.0. The third-order valence-electron chi connectivity index (χ3n) is 4.57. The number of rotatable bonds is 8. The van der Waals surface area contributed by atoms with Crippen LogP contribution in [-0.2, 0) is 17.8 Å². The molecule has 0 unspecified atom stereocenters. The summed E-state index contributed by atoms with van der Waals surface area (Å²) in [5.41, 5.74) is 2.07. The number of pyridine rings is 1. The lowest BCUT2D eigenvalue weighted by molar-refractivity contribution is 0.0322. The molecule has 2 aromatic rings. The highest BCUT2D eigenvalue weighted by Crippen LogP contribution is 2.17. The fourth-order valence-electron chi connectivity index (χ4n) is 2.98. The Kier molecular flexibility index (Phi) is 10.7. The van der Waals surface area contributed by atoms with Crippen molar-refractivity contribution in [2.45, 2.75) is 13.1 Å². The molecule has 29 heavy (non-hydrogen) atoms. The molecule has 0 amide bonds. The maximum absolute atomic E-state index is 6.04. The van der Waals surface area contributed by atoms with Crippen molar-refractivity contribution < 1.29 is 9.47 Å². The summed E-state index contributed by atoms with van der Waals surface area (Å²) in [5, 5.41) is 6.62. The lowest BCUT2D eigenvalue weighted by atomic mass is 10.2. The second-order valence-electron chi connectivity index (χ2n) is 6.51. The number of para-hydroxylation sites is 1. The summed E-state index contributed by atoms with van der Waals surface area (Å²) >= 11 is 0. The van der Waals surface area contributed by atoms with Crippen molar-refractivity contribution in [2.24, 2.45) is 4.99 Å². The molecule has 1 fully saturated rings. The van der Waals surface area contributed by atoms with Crippen LogP contribution in [0.1, 0.15) is 11.3 Å². The van der Waals surface area contributed by atoms with Crippen LogP contribution in [0.15, 0.2) is 53.7 Å². The van der Waals surface area contributed by atoms with Crippen LogP contribution < -0.4 is 15.4 Å². The number of hydrogen-bond donors (Lipinski definition) is 2. The minimum atomic E-state index is 0. The third-order valence-corrected chi connectivity index (χ3v) is 4.57. The predicted molar refractivity (Wildman–Crippen MR) is 126 cm³/mol. The molecule has 158 valence electrons. The molecule has 2 N–H and O–H groups in total. The van der Waals surface area contributed by atoms with Gasteiger partial charge in [0.1, 0.15) is 12.4 Å². The largest absolute Gasteiger partial charge is 0.492 e. The summed E-state index contributed by atoms with van der Waals surface area (Å²) in [6.07, 6.45) is 1.79. The highest BCUT2D eigenvalue weighted by atomic mass is 127. The lowest BCUT2D eigenvalue weighted by Crippen LogP contribution is -2.38. The van der Waals surface area contributed by atoms with E-state index in [1.54, 1.807) is 13.2 Å². The highest BCUT2D eigenvalue weighted by Gasteiger charge is 2.10.